The molecular weight excluding hydrogens is 428 g/mol. The highest BCUT2D eigenvalue weighted by atomic mass is 32.2. The Morgan fingerprint density at radius 2 is 2.06 bits per heavy atom. The molecule has 31 heavy (non-hydrogen) atoms. The van der Waals surface area contributed by atoms with Crippen LogP contribution in [0.15, 0.2) is 52.3 Å². The Bertz CT molecular complexity index is 1060. The number of amides is 1. The minimum atomic E-state index is -0.199. The molecule has 1 aromatic heterocycles. The number of oxazole rings is 1. The number of piperidine rings is 1. The van der Waals surface area contributed by atoms with Crippen LogP contribution in [0.25, 0.3) is 6.08 Å². The molecule has 1 amide bonds. The van der Waals surface area contributed by atoms with E-state index in [1.807, 2.05) is 6.07 Å². The molecule has 0 unspecified atom stereocenters. The zero-order valence-electron chi connectivity index (χ0n) is 17.0. The first-order valence-corrected chi connectivity index (χ1v) is 11.4. The number of nitriles is 1. The maximum atomic E-state index is 12.5. The fourth-order valence-electron chi connectivity index (χ4n) is 3.86. The quantitative estimate of drug-likeness (QED) is 0.367. The average molecular weight is 451 g/mol. The van der Waals surface area contributed by atoms with Crippen molar-refractivity contribution in [2.24, 2.45) is 5.92 Å². The summed E-state index contributed by atoms with van der Waals surface area (Å²) < 4.78 is 6.38. The monoisotopic (exact) mass is 450 g/mol. The molecule has 2 aromatic rings. The molecule has 0 atom stereocenters. The number of thiocarbonyl (C=S) groups is 1. The lowest BCUT2D eigenvalue weighted by Gasteiger charge is -2.31. The first-order chi connectivity index (χ1) is 15.1. The Hall–Kier alpha value is -2.89. The van der Waals surface area contributed by atoms with Gasteiger partial charge in [-0.05, 0) is 30.7 Å². The van der Waals surface area contributed by atoms with Crippen molar-refractivity contribution in [3.05, 3.63) is 65.0 Å². The van der Waals surface area contributed by atoms with Gasteiger partial charge in [-0.1, -0.05) is 60.4 Å². The number of hydrogen-bond acceptors (Lipinski definition) is 7. The molecule has 1 aromatic carbocycles. The summed E-state index contributed by atoms with van der Waals surface area (Å²) in [5, 5.41) is 9.54. The van der Waals surface area contributed by atoms with Crippen LogP contribution < -0.4 is 4.90 Å². The molecule has 3 heterocycles. The lowest BCUT2D eigenvalue weighted by atomic mass is 9.90. The number of thioether (sulfide) groups is 1. The molecule has 2 fully saturated rings. The van der Waals surface area contributed by atoms with Gasteiger partial charge in [-0.15, -0.1) is 6.58 Å². The van der Waals surface area contributed by atoms with Gasteiger partial charge in [0.05, 0.1) is 4.91 Å². The number of nitrogens with zero attached hydrogens (tertiary/aromatic N) is 4. The van der Waals surface area contributed by atoms with E-state index in [2.05, 4.69) is 46.8 Å². The fraction of sp³-hybridized carbons (Fsp3) is 0.304. The predicted octanol–water partition coefficient (Wildman–Crippen LogP) is 4.39. The highest BCUT2D eigenvalue weighted by Crippen LogP contribution is 2.34. The van der Waals surface area contributed by atoms with Crippen molar-refractivity contribution in [1.29, 1.82) is 5.26 Å². The third kappa shape index (κ3) is 4.73. The molecule has 0 bridgehead atoms. The predicted molar refractivity (Wildman–Crippen MR) is 126 cm³/mol. The molecule has 2 saturated heterocycles. The molecule has 0 radical (unpaired) electrons. The molecule has 0 saturated carbocycles. The van der Waals surface area contributed by atoms with Crippen LogP contribution in [0.5, 0.6) is 0 Å². The number of carbonyl (C=O) groups excluding carboxylic acids is 1. The van der Waals surface area contributed by atoms with E-state index < -0.39 is 0 Å². The van der Waals surface area contributed by atoms with E-state index in [4.69, 9.17) is 16.6 Å². The van der Waals surface area contributed by atoms with Crippen LogP contribution in [0, 0.1) is 17.2 Å². The molecule has 0 aliphatic carbocycles. The first-order valence-electron chi connectivity index (χ1n) is 10.1. The Morgan fingerprint density at radius 3 is 2.74 bits per heavy atom. The van der Waals surface area contributed by atoms with E-state index in [1.165, 1.54) is 22.2 Å². The van der Waals surface area contributed by atoms with Gasteiger partial charge in [0.25, 0.3) is 5.91 Å². The first kappa shape index (κ1) is 21.3. The van der Waals surface area contributed by atoms with E-state index in [0.29, 0.717) is 27.6 Å². The van der Waals surface area contributed by atoms with E-state index in [-0.39, 0.29) is 17.5 Å². The minimum absolute atomic E-state index is 0.199. The molecule has 8 heteroatoms. The number of benzene rings is 1. The third-order valence-corrected chi connectivity index (χ3v) is 6.82. The van der Waals surface area contributed by atoms with Crippen molar-refractivity contribution >= 4 is 46.2 Å². The summed E-state index contributed by atoms with van der Waals surface area (Å²) in [4.78, 5) is 20.8. The number of anilines is 1. The summed E-state index contributed by atoms with van der Waals surface area (Å²) in [7, 11) is 0. The SMILES string of the molecule is C=CCN1C(=O)/C(=C\c2nc(C#N)c(N3CCC(Cc4ccccc4)CC3)o2)SC1=S. The second-order valence-corrected chi connectivity index (χ2v) is 9.19. The minimum Gasteiger partial charge on any atom is -0.420 e. The van der Waals surface area contributed by atoms with Crippen molar-refractivity contribution in [2.45, 2.75) is 19.3 Å². The highest BCUT2D eigenvalue weighted by Gasteiger charge is 2.32. The maximum absolute atomic E-state index is 12.5. The van der Waals surface area contributed by atoms with Gasteiger partial charge in [0.15, 0.2) is 0 Å². The van der Waals surface area contributed by atoms with E-state index >= 15 is 0 Å². The van der Waals surface area contributed by atoms with Crippen LogP contribution in [0.2, 0.25) is 0 Å². The van der Waals surface area contributed by atoms with Crippen LogP contribution >= 0.6 is 24.0 Å². The lowest BCUT2D eigenvalue weighted by molar-refractivity contribution is -0.121. The van der Waals surface area contributed by atoms with Crippen molar-refractivity contribution in [3.8, 4) is 6.07 Å². The molecule has 2 aliphatic heterocycles. The summed E-state index contributed by atoms with van der Waals surface area (Å²) in [5.74, 6) is 1.14. The number of rotatable bonds is 6. The number of hydrogen-bond donors (Lipinski definition) is 0. The van der Waals surface area contributed by atoms with Crippen molar-refractivity contribution < 1.29 is 9.21 Å². The van der Waals surface area contributed by atoms with Gasteiger partial charge in [0.2, 0.25) is 17.5 Å². The van der Waals surface area contributed by atoms with Crippen LogP contribution in [0.4, 0.5) is 5.88 Å². The Labute approximate surface area is 191 Å². The van der Waals surface area contributed by atoms with Gasteiger partial charge < -0.3 is 9.32 Å². The molecule has 4 rings (SSSR count). The average Bonchev–Trinajstić information content (AvgIpc) is 3.31. The Balaban J connectivity index is 1.45. The summed E-state index contributed by atoms with van der Waals surface area (Å²) in [6, 6.07) is 12.6. The van der Waals surface area contributed by atoms with Gasteiger partial charge >= 0.3 is 0 Å². The van der Waals surface area contributed by atoms with Crippen LogP contribution in [0.1, 0.15) is 30.0 Å². The van der Waals surface area contributed by atoms with Crippen molar-refractivity contribution in [1.82, 2.24) is 9.88 Å². The van der Waals surface area contributed by atoms with Gasteiger partial charge in [0, 0.05) is 25.7 Å². The zero-order chi connectivity index (χ0) is 21.8. The van der Waals surface area contributed by atoms with E-state index in [9.17, 15) is 10.1 Å². The number of carbonyl (C=O) groups is 1. The van der Waals surface area contributed by atoms with E-state index in [0.717, 1.165) is 32.4 Å². The molecule has 158 valence electrons. The van der Waals surface area contributed by atoms with Crippen molar-refractivity contribution in [2.75, 3.05) is 24.5 Å². The Kier molecular flexibility index (Phi) is 6.54. The Morgan fingerprint density at radius 1 is 1.32 bits per heavy atom. The normalized spacial score (nSPS) is 18.6. The molecule has 0 N–H and O–H groups in total. The topological polar surface area (TPSA) is 73.4 Å². The van der Waals surface area contributed by atoms with Crippen LogP contribution in [-0.2, 0) is 11.2 Å². The summed E-state index contributed by atoms with van der Waals surface area (Å²) in [5.41, 5.74) is 1.60. The van der Waals surface area contributed by atoms with Crippen LogP contribution in [0.3, 0.4) is 0 Å². The van der Waals surface area contributed by atoms with Gasteiger partial charge in [0.1, 0.15) is 10.4 Å². The summed E-state index contributed by atoms with van der Waals surface area (Å²) in [6.07, 6.45) is 6.31. The lowest BCUT2D eigenvalue weighted by Crippen LogP contribution is -2.34. The standard InChI is InChI=1S/C23H22N4O2S2/c1-2-10-27-21(28)19(31-23(27)30)14-20-25-18(15-24)22(29-20)26-11-8-17(9-12-26)13-16-6-4-3-5-7-16/h2-7,14,17H,1,8-13H2/b19-14+. The fourth-order valence-corrected chi connectivity index (χ4v) is 5.10. The zero-order valence-corrected chi connectivity index (χ0v) is 18.6. The van der Waals surface area contributed by atoms with Crippen molar-refractivity contribution in [3.63, 3.8) is 0 Å². The highest BCUT2D eigenvalue weighted by molar-refractivity contribution is 8.26. The number of aromatic nitrogens is 1. The second kappa shape index (κ2) is 9.50. The molecular formula is C23H22N4O2S2. The largest absolute Gasteiger partial charge is 0.420 e. The van der Waals surface area contributed by atoms with E-state index in [1.54, 1.807) is 12.2 Å². The summed E-state index contributed by atoms with van der Waals surface area (Å²) >= 11 is 6.46. The van der Waals surface area contributed by atoms with Crippen LogP contribution in [-0.4, -0.2) is 39.7 Å². The molecule has 6 nitrogen and oxygen atoms in total. The van der Waals surface area contributed by atoms with Gasteiger partial charge in [-0.25, -0.2) is 0 Å². The molecule has 2 aliphatic rings. The summed E-state index contributed by atoms with van der Waals surface area (Å²) in [6.45, 7) is 5.63. The molecule has 0 spiro atoms. The van der Waals surface area contributed by atoms with Gasteiger partial charge in [-0.2, -0.15) is 10.2 Å². The third-order valence-electron chi connectivity index (χ3n) is 5.44. The van der Waals surface area contributed by atoms with Gasteiger partial charge in [-0.3, -0.25) is 9.69 Å². The second-order valence-electron chi connectivity index (χ2n) is 7.52. The maximum Gasteiger partial charge on any atom is 0.266 e. The smallest absolute Gasteiger partial charge is 0.266 e.